The molecule has 0 radical (unpaired) electrons. The first-order chi connectivity index (χ1) is 10.0. The van der Waals surface area contributed by atoms with E-state index in [4.69, 9.17) is 15.3 Å². The molecule has 0 atom stereocenters. The Morgan fingerprint density at radius 1 is 1.05 bits per heavy atom. The lowest BCUT2D eigenvalue weighted by Gasteiger charge is -2.13. The third-order valence-corrected chi connectivity index (χ3v) is 3.12. The molecule has 2 aromatic carbocycles. The molecule has 0 spiro atoms. The standard InChI is InChI=1S/C17H13FN2O/c1-11-5-14(8-19)6-12(2)17(11)21-10-13-3-4-16(18)15(7-13)9-20/h3-7H,10H2,1-2H3. The fraction of sp³-hybridized carbons (Fsp3) is 0.176. The number of aryl methyl sites for hydroxylation is 2. The van der Waals surface area contributed by atoms with E-state index in [0.717, 1.165) is 16.7 Å². The van der Waals surface area contributed by atoms with Crippen LogP contribution in [0, 0.1) is 42.3 Å². The lowest BCUT2D eigenvalue weighted by atomic mass is 10.1. The highest BCUT2D eigenvalue weighted by Gasteiger charge is 2.08. The van der Waals surface area contributed by atoms with Crippen LogP contribution >= 0.6 is 0 Å². The van der Waals surface area contributed by atoms with Crippen LogP contribution < -0.4 is 4.74 Å². The summed E-state index contributed by atoms with van der Waals surface area (Å²) in [5, 5.41) is 17.7. The van der Waals surface area contributed by atoms with Crippen molar-refractivity contribution in [2.24, 2.45) is 0 Å². The summed E-state index contributed by atoms with van der Waals surface area (Å²) < 4.78 is 19.0. The van der Waals surface area contributed by atoms with Crippen LogP contribution in [0.1, 0.15) is 27.8 Å². The zero-order valence-corrected chi connectivity index (χ0v) is 11.8. The second-order valence-corrected chi connectivity index (χ2v) is 4.77. The Bertz CT molecular complexity index is 746. The van der Waals surface area contributed by atoms with E-state index in [0.29, 0.717) is 11.3 Å². The van der Waals surface area contributed by atoms with E-state index in [1.54, 1.807) is 24.3 Å². The van der Waals surface area contributed by atoms with E-state index < -0.39 is 5.82 Å². The molecule has 0 unspecified atom stereocenters. The monoisotopic (exact) mass is 280 g/mol. The van der Waals surface area contributed by atoms with E-state index >= 15 is 0 Å². The van der Waals surface area contributed by atoms with Gasteiger partial charge in [0.2, 0.25) is 0 Å². The van der Waals surface area contributed by atoms with E-state index in [9.17, 15) is 4.39 Å². The lowest BCUT2D eigenvalue weighted by molar-refractivity contribution is 0.301. The Morgan fingerprint density at radius 3 is 2.29 bits per heavy atom. The molecular weight excluding hydrogens is 267 g/mol. The maximum Gasteiger partial charge on any atom is 0.140 e. The predicted octanol–water partition coefficient (Wildman–Crippen LogP) is 3.76. The highest BCUT2D eigenvalue weighted by molar-refractivity contribution is 5.47. The van der Waals surface area contributed by atoms with E-state index in [2.05, 4.69) is 6.07 Å². The van der Waals surface area contributed by atoms with Crippen molar-refractivity contribution in [1.82, 2.24) is 0 Å². The minimum Gasteiger partial charge on any atom is -0.488 e. The highest BCUT2D eigenvalue weighted by atomic mass is 19.1. The Morgan fingerprint density at radius 2 is 1.71 bits per heavy atom. The molecule has 4 heteroatoms. The van der Waals surface area contributed by atoms with Gasteiger partial charge in [0, 0.05) is 0 Å². The van der Waals surface area contributed by atoms with Crippen LogP contribution in [-0.2, 0) is 6.61 Å². The molecule has 0 heterocycles. The van der Waals surface area contributed by atoms with Crippen molar-refractivity contribution in [1.29, 1.82) is 10.5 Å². The van der Waals surface area contributed by atoms with Gasteiger partial charge in [0.1, 0.15) is 24.2 Å². The molecule has 104 valence electrons. The lowest BCUT2D eigenvalue weighted by Crippen LogP contribution is -2.00. The van der Waals surface area contributed by atoms with E-state index in [1.807, 2.05) is 13.8 Å². The average Bonchev–Trinajstić information content (AvgIpc) is 2.47. The van der Waals surface area contributed by atoms with Crippen molar-refractivity contribution in [2.75, 3.05) is 0 Å². The minimum atomic E-state index is -0.535. The largest absolute Gasteiger partial charge is 0.488 e. The fourth-order valence-corrected chi connectivity index (χ4v) is 2.15. The fourth-order valence-electron chi connectivity index (χ4n) is 2.15. The van der Waals surface area contributed by atoms with Crippen LogP contribution in [0.4, 0.5) is 4.39 Å². The summed E-state index contributed by atoms with van der Waals surface area (Å²) in [5.41, 5.74) is 3.05. The van der Waals surface area contributed by atoms with Crippen molar-refractivity contribution in [2.45, 2.75) is 20.5 Å². The maximum atomic E-state index is 13.3. The number of hydrogen-bond acceptors (Lipinski definition) is 3. The SMILES string of the molecule is Cc1cc(C#N)cc(C)c1OCc1ccc(F)c(C#N)c1. The van der Waals surface area contributed by atoms with Crippen LogP contribution in [0.25, 0.3) is 0 Å². The van der Waals surface area contributed by atoms with Gasteiger partial charge in [-0.1, -0.05) is 6.07 Å². The molecule has 21 heavy (non-hydrogen) atoms. The van der Waals surface area contributed by atoms with Crippen molar-refractivity contribution in [3.8, 4) is 17.9 Å². The Balaban J connectivity index is 2.21. The zero-order chi connectivity index (χ0) is 15.4. The summed E-state index contributed by atoms with van der Waals surface area (Å²) in [6.45, 7) is 3.98. The first-order valence-corrected chi connectivity index (χ1v) is 6.38. The number of halogens is 1. The number of benzene rings is 2. The molecule has 0 bridgehead atoms. The first kappa shape index (κ1) is 14.6. The molecule has 0 aliphatic carbocycles. The summed E-state index contributed by atoms with van der Waals surface area (Å²) in [7, 11) is 0. The molecule has 2 aromatic rings. The number of rotatable bonds is 3. The minimum absolute atomic E-state index is 0.00405. The van der Waals surface area contributed by atoms with E-state index in [1.165, 1.54) is 12.1 Å². The predicted molar refractivity (Wildman–Crippen MR) is 76.1 cm³/mol. The van der Waals surface area contributed by atoms with Crippen molar-refractivity contribution in [3.63, 3.8) is 0 Å². The van der Waals surface area contributed by atoms with Crippen molar-refractivity contribution < 1.29 is 9.13 Å². The summed E-state index contributed by atoms with van der Waals surface area (Å²) in [5.74, 6) is 0.170. The van der Waals surface area contributed by atoms with Gasteiger partial charge in [-0.2, -0.15) is 10.5 Å². The Kier molecular flexibility index (Phi) is 4.21. The summed E-state index contributed by atoms with van der Waals surface area (Å²) in [6.07, 6.45) is 0. The molecule has 0 aromatic heterocycles. The third-order valence-electron chi connectivity index (χ3n) is 3.12. The normalized spacial score (nSPS) is 9.76. The molecule has 0 fully saturated rings. The molecule has 0 aliphatic heterocycles. The second kappa shape index (κ2) is 6.07. The van der Waals surface area contributed by atoms with Gasteiger partial charge in [-0.15, -0.1) is 0 Å². The van der Waals surface area contributed by atoms with Crippen LogP contribution in [0.5, 0.6) is 5.75 Å². The summed E-state index contributed by atoms with van der Waals surface area (Å²) >= 11 is 0. The highest BCUT2D eigenvalue weighted by Crippen LogP contribution is 2.25. The van der Waals surface area contributed by atoms with Crippen LogP contribution in [0.3, 0.4) is 0 Å². The molecule has 0 aliphatic rings. The van der Waals surface area contributed by atoms with E-state index in [-0.39, 0.29) is 12.2 Å². The maximum absolute atomic E-state index is 13.3. The molecule has 0 saturated carbocycles. The average molecular weight is 280 g/mol. The molecule has 3 nitrogen and oxygen atoms in total. The van der Waals surface area contributed by atoms with Crippen LogP contribution in [0.2, 0.25) is 0 Å². The first-order valence-electron chi connectivity index (χ1n) is 6.38. The molecule has 0 N–H and O–H groups in total. The number of hydrogen-bond donors (Lipinski definition) is 0. The Labute approximate surface area is 122 Å². The summed E-state index contributed by atoms with van der Waals surface area (Å²) in [4.78, 5) is 0. The number of ether oxygens (including phenoxy) is 1. The number of nitriles is 2. The zero-order valence-electron chi connectivity index (χ0n) is 11.8. The van der Waals surface area contributed by atoms with Gasteiger partial charge in [-0.25, -0.2) is 4.39 Å². The molecule has 2 rings (SSSR count). The molecule has 0 saturated heterocycles. The van der Waals surface area contributed by atoms with Gasteiger partial charge >= 0.3 is 0 Å². The van der Waals surface area contributed by atoms with Gasteiger partial charge in [0.05, 0.1) is 17.2 Å². The summed E-state index contributed by atoms with van der Waals surface area (Å²) in [6, 6.07) is 11.7. The van der Waals surface area contributed by atoms with Gasteiger partial charge in [-0.05, 0) is 54.8 Å². The number of nitrogens with zero attached hydrogens (tertiary/aromatic N) is 2. The molecular formula is C17H13FN2O. The van der Waals surface area contributed by atoms with Crippen LogP contribution in [-0.4, -0.2) is 0 Å². The van der Waals surface area contributed by atoms with Crippen molar-refractivity contribution >= 4 is 0 Å². The topological polar surface area (TPSA) is 56.8 Å². The van der Waals surface area contributed by atoms with Crippen molar-refractivity contribution in [3.05, 3.63) is 64.0 Å². The Hall–Kier alpha value is -2.85. The smallest absolute Gasteiger partial charge is 0.140 e. The van der Waals surface area contributed by atoms with Gasteiger partial charge in [0.25, 0.3) is 0 Å². The van der Waals surface area contributed by atoms with Gasteiger partial charge < -0.3 is 4.74 Å². The second-order valence-electron chi connectivity index (χ2n) is 4.77. The third kappa shape index (κ3) is 3.19. The van der Waals surface area contributed by atoms with Crippen LogP contribution in [0.15, 0.2) is 30.3 Å². The van der Waals surface area contributed by atoms with Gasteiger partial charge in [0.15, 0.2) is 0 Å². The van der Waals surface area contributed by atoms with Gasteiger partial charge in [-0.3, -0.25) is 0 Å². The quantitative estimate of drug-likeness (QED) is 0.860. The molecule has 0 amide bonds.